The molecule has 5 heteroatoms. The Morgan fingerprint density at radius 1 is 1.73 bits per heavy atom. The average molecular weight is 162 g/mol. The second-order valence-corrected chi connectivity index (χ2v) is 2.24. The highest BCUT2D eigenvalue weighted by Crippen LogP contribution is 2.26. The first-order chi connectivity index (χ1) is 5.08. The molecule has 1 heterocycles. The fourth-order valence-corrected chi connectivity index (χ4v) is 0.802. The molecule has 3 nitrogen and oxygen atoms in total. The zero-order chi connectivity index (χ0) is 8.48. The Morgan fingerprint density at radius 2 is 2.36 bits per heavy atom. The summed E-state index contributed by atoms with van der Waals surface area (Å²) in [6.07, 6.45) is 1.17. The highest BCUT2D eigenvalue weighted by atomic mass is 19.3. The van der Waals surface area contributed by atoms with Crippen molar-refractivity contribution in [1.82, 2.24) is 9.97 Å². The molecule has 0 aromatic carbocycles. The second kappa shape index (κ2) is 2.58. The standard InChI is InChI=1S/C6H8F2N2O/c1-4-5(10-3-9-4)6(7,8)2-11/h3,11H,2H2,1H3,(H,9,10). The Morgan fingerprint density at radius 3 is 2.73 bits per heavy atom. The van der Waals surface area contributed by atoms with E-state index in [1.54, 1.807) is 0 Å². The van der Waals surface area contributed by atoms with Crippen molar-refractivity contribution < 1.29 is 13.9 Å². The van der Waals surface area contributed by atoms with Crippen LogP contribution in [0.15, 0.2) is 6.33 Å². The van der Waals surface area contributed by atoms with Crippen LogP contribution in [0.25, 0.3) is 0 Å². The van der Waals surface area contributed by atoms with Crippen LogP contribution in [-0.4, -0.2) is 21.7 Å². The van der Waals surface area contributed by atoms with Crippen molar-refractivity contribution in [3.05, 3.63) is 17.7 Å². The molecule has 0 bridgehead atoms. The zero-order valence-corrected chi connectivity index (χ0v) is 5.93. The first-order valence-corrected chi connectivity index (χ1v) is 3.07. The van der Waals surface area contributed by atoms with Gasteiger partial charge in [0, 0.05) is 5.69 Å². The molecule has 1 rings (SSSR count). The van der Waals surface area contributed by atoms with Gasteiger partial charge in [-0.25, -0.2) is 4.98 Å². The molecule has 0 aliphatic heterocycles. The van der Waals surface area contributed by atoms with Gasteiger partial charge in [0.15, 0.2) is 0 Å². The Bertz CT molecular complexity index is 246. The van der Waals surface area contributed by atoms with Crippen molar-refractivity contribution in [2.45, 2.75) is 12.8 Å². The van der Waals surface area contributed by atoms with Gasteiger partial charge in [-0.2, -0.15) is 8.78 Å². The lowest BCUT2D eigenvalue weighted by molar-refractivity contribution is -0.0594. The number of rotatable bonds is 2. The molecule has 11 heavy (non-hydrogen) atoms. The van der Waals surface area contributed by atoms with Crippen LogP contribution in [-0.2, 0) is 5.92 Å². The lowest BCUT2D eigenvalue weighted by Crippen LogP contribution is -2.20. The summed E-state index contributed by atoms with van der Waals surface area (Å²) in [6.45, 7) is 0.268. The van der Waals surface area contributed by atoms with Crippen molar-refractivity contribution in [1.29, 1.82) is 0 Å². The summed E-state index contributed by atoms with van der Waals surface area (Å²) < 4.78 is 25.3. The van der Waals surface area contributed by atoms with E-state index < -0.39 is 12.5 Å². The molecule has 0 fully saturated rings. The fourth-order valence-electron chi connectivity index (χ4n) is 0.802. The third-order valence-corrected chi connectivity index (χ3v) is 1.37. The minimum Gasteiger partial charge on any atom is -0.390 e. The Kier molecular flexibility index (Phi) is 1.90. The predicted molar refractivity (Wildman–Crippen MR) is 34.3 cm³/mol. The van der Waals surface area contributed by atoms with E-state index in [9.17, 15) is 8.78 Å². The molecule has 0 aliphatic rings. The Balaban J connectivity index is 3.00. The maximum Gasteiger partial charge on any atom is 0.313 e. The fraction of sp³-hybridized carbons (Fsp3) is 0.500. The van der Waals surface area contributed by atoms with Gasteiger partial charge in [-0.3, -0.25) is 0 Å². The van der Waals surface area contributed by atoms with E-state index in [4.69, 9.17) is 5.11 Å². The van der Waals surface area contributed by atoms with E-state index in [-0.39, 0.29) is 11.4 Å². The second-order valence-electron chi connectivity index (χ2n) is 2.24. The summed E-state index contributed by atoms with van der Waals surface area (Å²) in [5.74, 6) is -3.23. The van der Waals surface area contributed by atoms with Gasteiger partial charge in [0.05, 0.1) is 6.33 Å². The predicted octanol–water partition coefficient (Wildman–Crippen LogP) is 0.802. The number of aromatic nitrogens is 2. The number of halogens is 2. The van der Waals surface area contributed by atoms with Crippen molar-refractivity contribution in [3.8, 4) is 0 Å². The van der Waals surface area contributed by atoms with E-state index in [0.717, 1.165) is 0 Å². The molecule has 2 N–H and O–H groups in total. The number of aliphatic hydroxyl groups excluding tert-OH is 1. The summed E-state index contributed by atoms with van der Waals surface area (Å²) in [5.41, 5.74) is -0.107. The lowest BCUT2D eigenvalue weighted by atomic mass is 10.2. The highest BCUT2D eigenvalue weighted by Gasteiger charge is 2.34. The topological polar surface area (TPSA) is 48.9 Å². The summed E-state index contributed by atoms with van der Waals surface area (Å²) in [5, 5.41) is 8.29. The van der Waals surface area contributed by atoms with Crippen molar-refractivity contribution in [2.24, 2.45) is 0 Å². The van der Waals surface area contributed by atoms with Crippen LogP contribution in [0.3, 0.4) is 0 Å². The van der Waals surface area contributed by atoms with Crippen LogP contribution in [0.2, 0.25) is 0 Å². The molecule has 0 aliphatic carbocycles. The van der Waals surface area contributed by atoms with E-state index in [2.05, 4.69) is 9.97 Å². The SMILES string of the molecule is Cc1[nH]cnc1C(F)(F)CO. The largest absolute Gasteiger partial charge is 0.390 e. The lowest BCUT2D eigenvalue weighted by Gasteiger charge is -2.10. The number of nitrogens with zero attached hydrogens (tertiary/aromatic N) is 1. The number of nitrogens with one attached hydrogen (secondary N) is 1. The minimum atomic E-state index is -3.23. The van der Waals surface area contributed by atoms with Crippen molar-refractivity contribution >= 4 is 0 Å². The monoisotopic (exact) mass is 162 g/mol. The van der Waals surface area contributed by atoms with Gasteiger partial charge >= 0.3 is 5.92 Å². The van der Waals surface area contributed by atoms with Gasteiger partial charge in [0.1, 0.15) is 12.3 Å². The first kappa shape index (κ1) is 8.13. The molecule has 0 unspecified atom stereocenters. The Labute approximate surface area is 62.1 Å². The maximum absolute atomic E-state index is 12.6. The van der Waals surface area contributed by atoms with Crippen LogP contribution in [0.4, 0.5) is 8.78 Å². The molecular formula is C6H8F2N2O. The molecule has 1 aromatic heterocycles. The van der Waals surface area contributed by atoms with Gasteiger partial charge < -0.3 is 10.1 Å². The summed E-state index contributed by atoms with van der Waals surface area (Å²) in [6, 6.07) is 0. The third kappa shape index (κ3) is 1.37. The highest BCUT2D eigenvalue weighted by molar-refractivity contribution is 5.14. The molecule has 0 saturated carbocycles. The van der Waals surface area contributed by atoms with Crippen molar-refractivity contribution in [3.63, 3.8) is 0 Å². The van der Waals surface area contributed by atoms with E-state index in [1.165, 1.54) is 13.3 Å². The average Bonchev–Trinajstić information content (AvgIpc) is 2.36. The number of hydrogen-bond donors (Lipinski definition) is 2. The molecule has 0 atom stereocenters. The number of aliphatic hydroxyl groups is 1. The van der Waals surface area contributed by atoms with E-state index in [0.29, 0.717) is 0 Å². The van der Waals surface area contributed by atoms with Gasteiger partial charge in [0.25, 0.3) is 0 Å². The zero-order valence-electron chi connectivity index (χ0n) is 5.93. The van der Waals surface area contributed by atoms with Crippen LogP contribution >= 0.6 is 0 Å². The van der Waals surface area contributed by atoms with Crippen LogP contribution in [0.5, 0.6) is 0 Å². The molecule has 62 valence electrons. The Hall–Kier alpha value is -0.970. The molecule has 0 radical (unpaired) electrons. The van der Waals surface area contributed by atoms with Gasteiger partial charge in [-0.05, 0) is 6.92 Å². The van der Waals surface area contributed by atoms with E-state index >= 15 is 0 Å². The molecule has 0 spiro atoms. The summed E-state index contributed by atoms with van der Waals surface area (Å²) in [7, 11) is 0. The van der Waals surface area contributed by atoms with Gasteiger partial charge in [-0.1, -0.05) is 0 Å². The third-order valence-electron chi connectivity index (χ3n) is 1.37. The van der Waals surface area contributed by atoms with E-state index in [1.807, 2.05) is 0 Å². The molecule has 0 saturated heterocycles. The number of H-pyrrole nitrogens is 1. The number of aromatic amines is 1. The summed E-state index contributed by atoms with van der Waals surface area (Å²) >= 11 is 0. The minimum absolute atomic E-state index is 0.282. The number of imidazole rings is 1. The number of alkyl halides is 2. The number of aryl methyl sites for hydroxylation is 1. The summed E-state index contributed by atoms with van der Waals surface area (Å²) in [4.78, 5) is 5.90. The first-order valence-electron chi connectivity index (χ1n) is 3.07. The van der Waals surface area contributed by atoms with Crippen LogP contribution < -0.4 is 0 Å². The maximum atomic E-state index is 12.6. The van der Waals surface area contributed by atoms with Crippen LogP contribution in [0, 0.1) is 6.92 Å². The quantitative estimate of drug-likeness (QED) is 0.675. The van der Waals surface area contributed by atoms with Gasteiger partial charge in [0.2, 0.25) is 0 Å². The van der Waals surface area contributed by atoms with Gasteiger partial charge in [-0.15, -0.1) is 0 Å². The number of hydrogen-bond acceptors (Lipinski definition) is 2. The molecule has 1 aromatic rings. The van der Waals surface area contributed by atoms with Crippen molar-refractivity contribution in [2.75, 3.05) is 6.61 Å². The molecule has 0 amide bonds. The normalized spacial score (nSPS) is 12.0. The van der Waals surface area contributed by atoms with Crippen LogP contribution in [0.1, 0.15) is 11.4 Å². The molecular weight excluding hydrogens is 154 g/mol. The smallest absolute Gasteiger partial charge is 0.313 e.